The van der Waals surface area contributed by atoms with Crippen molar-refractivity contribution in [2.75, 3.05) is 0 Å². The van der Waals surface area contributed by atoms with E-state index < -0.39 is 20.0 Å². The van der Waals surface area contributed by atoms with Crippen LogP contribution >= 0.6 is 0 Å². The first-order chi connectivity index (χ1) is 13.9. The zero-order chi connectivity index (χ0) is 20.5. The minimum absolute atomic E-state index is 0.0405. The van der Waals surface area contributed by atoms with Gasteiger partial charge in [-0.05, 0) is 61.1 Å². The molecule has 0 radical (unpaired) electrons. The predicted molar refractivity (Wildman–Crippen MR) is 111 cm³/mol. The Labute approximate surface area is 172 Å². The molecule has 0 bridgehead atoms. The predicted octanol–water partition coefficient (Wildman–Crippen LogP) is 3.26. The van der Waals surface area contributed by atoms with E-state index in [2.05, 4.69) is 9.44 Å². The maximum absolute atomic E-state index is 12.8. The number of aryl methyl sites for hydroxylation is 1. The molecular weight excluding hydrogens is 408 g/mol. The van der Waals surface area contributed by atoms with Gasteiger partial charge < -0.3 is 0 Å². The number of hydrogen-bond donors (Lipinski definition) is 2. The van der Waals surface area contributed by atoms with Crippen LogP contribution in [-0.2, 0) is 26.5 Å². The van der Waals surface area contributed by atoms with E-state index in [1.165, 1.54) is 24.3 Å². The van der Waals surface area contributed by atoms with Gasteiger partial charge in [-0.25, -0.2) is 26.3 Å². The summed E-state index contributed by atoms with van der Waals surface area (Å²) in [5.41, 5.74) is 2.17. The zero-order valence-electron chi connectivity index (χ0n) is 16.2. The van der Waals surface area contributed by atoms with Gasteiger partial charge in [0.05, 0.1) is 9.79 Å². The van der Waals surface area contributed by atoms with Crippen molar-refractivity contribution in [3.05, 3.63) is 59.7 Å². The summed E-state index contributed by atoms with van der Waals surface area (Å²) in [6.07, 6.45) is 6.45. The van der Waals surface area contributed by atoms with Gasteiger partial charge in [0.2, 0.25) is 20.0 Å². The lowest BCUT2D eigenvalue weighted by atomic mass is 9.96. The second-order valence-electron chi connectivity index (χ2n) is 7.84. The normalized spacial score (nSPS) is 20.5. The van der Waals surface area contributed by atoms with Gasteiger partial charge in [-0.2, -0.15) is 0 Å². The molecule has 8 heteroatoms. The van der Waals surface area contributed by atoms with Crippen molar-refractivity contribution in [2.45, 2.75) is 66.8 Å². The Kier molecular flexibility index (Phi) is 5.79. The van der Waals surface area contributed by atoms with Gasteiger partial charge in [0.1, 0.15) is 0 Å². The Morgan fingerprint density at radius 3 is 1.93 bits per heavy atom. The van der Waals surface area contributed by atoms with Crippen LogP contribution < -0.4 is 9.44 Å². The number of rotatable bonds is 6. The molecule has 29 heavy (non-hydrogen) atoms. The lowest BCUT2D eigenvalue weighted by Gasteiger charge is -2.22. The summed E-state index contributed by atoms with van der Waals surface area (Å²) in [7, 11) is -7.39. The van der Waals surface area contributed by atoms with Crippen LogP contribution in [-0.4, -0.2) is 22.9 Å². The molecule has 1 unspecified atom stereocenters. The summed E-state index contributed by atoms with van der Waals surface area (Å²) in [5, 5.41) is 0. The van der Waals surface area contributed by atoms with Gasteiger partial charge in [0.25, 0.3) is 0 Å². The van der Waals surface area contributed by atoms with E-state index >= 15 is 0 Å². The summed E-state index contributed by atoms with van der Waals surface area (Å²) >= 11 is 0. The number of nitrogens with one attached hydrogen (secondary N) is 2. The van der Waals surface area contributed by atoms with Crippen molar-refractivity contribution in [2.24, 2.45) is 0 Å². The Morgan fingerprint density at radius 2 is 1.28 bits per heavy atom. The molecule has 2 aromatic carbocycles. The van der Waals surface area contributed by atoms with Crippen molar-refractivity contribution >= 4 is 20.0 Å². The fraction of sp³-hybridized carbons (Fsp3) is 0.429. The molecule has 0 spiro atoms. The van der Waals surface area contributed by atoms with Crippen LogP contribution in [0.25, 0.3) is 0 Å². The fourth-order valence-corrected chi connectivity index (χ4v) is 6.80. The molecular formula is C21H26N2O4S2. The van der Waals surface area contributed by atoms with E-state index in [-0.39, 0.29) is 21.9 Å². The summed E-state index contributed by atoms with van der Waals surface area (Å²) in [6, 6.07) is 13.0. The first-order valence-corrected chi connectivity index (χ1v) is 13.0. The van der Waals surface area contributed by atoms with E-state index in [1.807, 2.05) is 24.3 Å². The largest absolute Gasteiger partial charge is 0.241 e. The topological polar surface area (TPSA) is 92.3 Å². The molecule has 1 fully saturated rings. The number of sulfonamides is 2. The molecule has 0 heterocycles. The maximum atomic E-state index is 12.8. The highest BCUT2D eigenvalue weighted by Crippen LogP contribution is 2.32. The summed E-state index contributed by atoms with van der Waals surface area (Å²) < 4.78 is 56.3. The monoisotopic (exact) mass is 434 g/mol. The van der Waals surface area contributed by atoms with Crippen molar-refractivity contribution in [1.82, 2.24) is 9.44 Å². The first kappa shape index (κ1) is 20.5. The van der Waals surface area contributed by atoms with E-state index in [1.54, 1.807) is 0 Å². The molecule has 0 aliphatic heterocycles. The van der Waals surface area contributed by atoms with Crippen LogP contribution in [0.3, 0.4) is 0 Å². The number of fused-ring (bicyclic) bond motifs is 1. The maximum Gasteiger partial charge on any atom is 0.241 e. The quantitative estimate of drug-likeness (QED) is 0.730. The van der Waals surface area contributed by atoms with Gasteiger partial charge in [-0.3, -0.25) is 0 Å². The third kappa shape index (κ3) is 4.55. The third-order valence-electron chi connectivity index (χ3n) is 5.80. The second-order valence-corrected chi connectivity index (χ2v) is 11.3. The van der Waals surface area contributed by atoms with Crippen LogP contribution in [0.15, 0.2) is 58.3 Å². The van der Waals surface area contributed by atoms with Gasteiger partial charge in [-0.15, -0.1) is 0 Å². The van der Waals surface area contributed by atoms with Gasteiger partial charge >= 0.3 is 0 Å². The highest BCUT2D eigenvalue weighted by molar-refractivity contribution is 7.90. The van der Waals surface area contributed by atoms with E-state index in [0.29, 0.717) is 0 Å². The summed E-state index contributed by atoms with van der Waals surface area (Å²) in [6.45, 7) is 0. The van der Waals surface area contributed by atoms with Crippen molar-refractivity contribution in [3.8, 4) is 0 Å². The minimum atomic E-state index is -3.74. The van der Waals surface area contributed by atoms with Crippen LogP contribution in [0, 0.1) is 0 Å². The highest BCUT2D eigenvalue weighted by Gasteiger charge is 2.28. The Hall–Kier alpha value is -1.74. The van der Waals surface area contributed by atoms with Crippen molar-refractivity contribution < 1.29 is 16.8 Å². The molecule has 1 saturated carbocycles. The Balaban J connectivity index is 1.48. The van der Waals surface area contributed by atoms with Crippen LogP contribution in [0.5, 0.6) is 0 Å². The van der Waals surface area contributed by atoms with E-state index in [4.69, 9.17) is 0 Å². The molecule has 4 rings (SSSR count). The van der Waals surface area contributed by atoms with Crippen molar-refractivity contribution in [3.63, 3.8) is 0 Å². The molecule has 0 saturated heterocycles. The Morgan fingerprint density at radius 1 is 0.690 bits per heavy atom. The van der Waals surface area contributed by atoms with Gasteiger partial charge in [0.15, 0.2) is 0 Å². The van der Waals surface area contributed by atoms with Crippen LogP contribution in [0.2, 0.25) is 0 Å². The molecule has 6 nitrogen and oxygen atoms in total. The fourth-order valence-electron chi connectivity index (χ4n) is 4.24. The SMILES string of the molecule is O=S(=O)(NC1CCCCC1)c1ccc(S(=O)(=O)NC2CCc3ccccc32)cc1. The molecule has 156 valence electrons. The van der Waals surface area contributed by atoms with Crippen molar-refractivity contribution in [1.29, 1.82) is 0 Å². The molecule has 0 aromatic heterocycles. The second kappa shape index (κ2) is 8.18. The van der Waals surface area contributed by atoms with Crippen LogP contribution in [0.1, 0.15) is 55.7 Å². The zero-order valence-corrected chi connectivity index (χ0v) is 17.8. The number of benzene rings is 2. The molecule has 0 amide bonds. The first-order valence-electron chi connectivity index (χ1n) is 10.1. The summed E-state index contributed by atoms with van der Waals surface area (Å²) in [4.78, 5) is 0.159. The third-order valence-corrected chi connectivity index (χ3v) is 8.83. The molecule has 2 aromatic rings. The molecule has 1 atom stereocenters. The Bertz CT molecular complexity index is 1070. The molecule has 2 aliphatic rings. The number of hydrogen-bond acceptors (Lipinski definition) is 4. The smallest absolute Gasteiger partial charge is 0.208 e. The van der Waals surface area contributed by atoms with E-state index in [9.17, 15) is 16.8 Å². The summed E-state index contributed by atoms with van der Waals surface area (Å²) in [5.74, 6) is 0. The lowest BCUT2D eigenvalue weighted by molar-refractivity contribution is 0.412. The lowest BCUT2D eigenvalue weighted by Crippen LogP contribution is -2.36. The average Bonchev–Trinajstić information content (AvgIpc) is 3.11. The van der Waals surface area contributed by atoms with Gasteiger partial charge in [-0.1, -0.05) is 43.5 Å². The standard InChI is InChI=1S/C21H26N2O4S2/c24-28(25,22-17-7-2-1-3-8-17)18-11-13-19(14-12-18)29(26,27)23-21-15-10-16-6-4-5-9-20(16)21/h4-6,9,11-14,17,21-23H,1-3,7-8,10,15H2. The highest BCUT2D eigenvalue weighted by atomic mass is 32.2. The molecule has 2 aliphatic carbocycles. The minimum Gasteiger partial charge on any atom is -0.208 e. The average molecular weight is 435 g/mol. The van der Waals surface area contributed by atoms with Crippen LogP contribution in [0.4, 0.5) is 0 Å². The molecule has 2 N–H and O–H groups in total. The van der Waals surface area contributed by atoms with Gasteiger partial charge in [0, 0.05) is 12.1 Å². The van der Waals surface area contributed by atoms with E-state index in [0.717, 1.165) is 56.1 Å².